The molecule has 81 heavy (non-hydrogen) atoms. The number of phosphoric ester groups is 1. The predicted molar refractivity (Wildman–Crippen MR) is 349 cm³/mol. The van der Waals surface area contributed by atoms with Gasteiger partial charge in [0.05, 0.1) is 27.7 Å². The predicted octanol–water partition coefficient (Wildman–Crippen LogP) is 22.4. The van der Waals surface area contributed by atoms with E-state index in [1.54, 1.807) is 0 Å². The summed E-state index contributed by atoms with van der Waals surface area (Å²) in [4.78, 5) is 35.8. The zero-order valence-electron chi connectivity index (χ0n) is 54.3. The van der Waals surface area contributed by atoms with Gasteiger partial charge < -0.3 is 18.9 Å². The summed E-state index contributed by atoms with van der Waals surface area (Å²) in [5, 5.41) is 0. The van der Waals surface area contributed by atoms with E-state index >= 15 is 0 Å². The largest absolute Gasteiger partial charge is 0.472 e. The van der Waals surface area contributed by atoms with E-state index in [-0.39, 0.29) is 25.6 Å². The van der Waals surface area contributed by atoms with E-state index in [4.69, 9.17) is 18.5 Å². The molecule has 0 aromatic rings. The van der Waals surface area contributed by atoms with Crippen molar-refractivity contribution in [1.82, 2.24) is 0 Å². The normalized spacial score (nSPS) is 13.4. The first-order valence-corrected chi connectivity index (χ1v) is 36.4. The minimum atomic E-state index is -4.39. The Kier molecular flexibility index (Phi) is 60.9. The van der Waals surface area contributed by atoms with Gasteiger partial charge in [-0.15, -0.1) is 0 Å². The molecule has 0 bridgehead atoms. The number of nitrogens with zero attached hydrogens (tertiary/aromatic N) is 1. The van der Waals surface area contributed by atoms with Crippen LogP contribution in [-0.4, -0.2) is 74.9 Å². The fourth-order valence-corrected chi connectivity index (χ4v) is 11.0. The van der Waals surface area contributed by atoms with Gasteiger partial charge in [-0.1, -0.05) is 326 Å². The van der Waals surface area contributed by atoms with Crippen LogP contribution in [0.25, 0.3) is 0 Å². The van der Waals surface area contributed by atoms with Crippen molar-refractivity contribution >= 4 is 19.8 Å². The molecule has 9 nitrogen and oxygen atoms in total. The van der Waals surface area contributed by atoms with Gasteiger partial charge in [-0.25, -0.2) is 4.57 Å². The second-order valence-electron chi connectivity index (χ2n) is 24.9. The van der Waals surface area contributed by atoms with Gasteiger partial charge in [0.15, 0.2) is 6.10 Å². The second-order valence-corrected chi connectivity index (χ2v) is 26.4. The maximum absolute atomic E-state index is 12.9. The van der Waals surface area contributed by atoms with Gasteiger partial charge in [0.1, 0.15) is 19.8 Å². The summed E-state index contributed by atoms with van der Waals surface area (Å²) in [5.41, 5.74) is 0. The third kappa shape index (κ3) is 67.0. The number of phosphoric acid groups is 1. The van der Waals surface area contributed by atoms with Crippen molar-refractivity contribution < 1.29 is 42.1 Å². The molecule has 10 heteroatoms. The van der Waals surface area contributed by atoms with Crippen molar-refractivity contribution in [2.75, 3.05) is 47.5 Å². The average Bonchev–Trinajstić information content (AvgIpc) is 3.43. The van der Waals surface area contributed by atoms with Crippen molar-refractivity contribution in [3.05, 3.63) is 48.6 Å². The van der Waals surface area contributed by atoms with Gasteiger partial charge in [-0.2, -0.15) is 0 Å². The lowest BCUT2D eigenvalue weighted by Gasteiger charge is -2.24. The minimum absolute atomic E-state index is 0.0315. The molecule has 2 atom stereocenters. The van der Waals surface area contributed by atoms with Gasteiger partial charge in [0.25, 0.3) is 0 Å². The highest BCUT2D eigenvalue weighted by Crippen LogP contribution is 2.43. The molecule has 0 aromatic carbocycles. The van der Waals surface area contributed by atoms with Crippen molar-refractivity contribution in [3.8, 4) is 0 Å². The van der Waals surface area contributed by atoms with Crippen LogP contribution in [0.4, 0.5) is 0 Å². The van der Waals surface area contributed by atoms with E-state index < -0.39 is 26.5 Å². The molecule has 0 rings (SSSR count). The number of rotatable bonds is 65. The van der Waals surface area contributed by atoms with Crippen LogP contribution >= 0.6 is 7.82 Å². The fourth-order valence-electron chi connectivity index (χ4n) is 10.3. The number of esters is 2. The number of quaternary nitrogens is 1. The van der Waals surface area contributed by atoms with E-state index in [1.807, 2.05) is 21.1 Å². The maximum Gasteiger partial charge on any atom is 0.472 e. The van der Waals surface area contributed by atoms with E-state index in [0.717, 1.165) is 70.6 Å². The molecule has 0 radical (unpaired) electrons. The summed E-state index contributed by atoms with van der Waals surface area (Å²) < 4.78 is 34.7. The third-order valence-electron chi connectivity index (χ3n) is 15.6. The van der Waals surface area contributed by atoms with Crippen molar-refractivity contribution in [1.29, 1.82) is 0 Å². The summed E-state index contributed by atoms with van der Waals surface area (Å²) in [5.74, 6) is -0.787. The van der Waals surface area contributed by atoms with Crippen LogP contribution in [0, 0.1) is 0 Å². The molecule has 0 aromatic heterocycles. The van der Waals surface area contributed by atoms with Crippen LogP contribution < -0.4 is 0 Å². The fraction of sp³-hybridized carbons (Fsp3) is 0.859. The molecule has 2 unspecified atom stereocenters. The lowest BCUT2D eigenvalue weighted by Crippen LogP contribution is -2.37. The molecule has 0 fully saturated rings. The number of carbonyl (C=O) groups excluding carboxylic acids is 2. The van der Waals surface area contributed by atoms with Crippen LogP contribution in [0.15, 0.2) is 48.6 Å². The topological polar surface area (TPSA) is 108 Å². The molecule has 476 valence electrons. The highest BCUT2D eigenvalue weighted by atomic mass is 31.2. The molecule has 0 aliphatic rings. The molecule has 0 aliphatic carbocycles. The average molecular weight is 1160 g/mol. The Morgan fingerprint density at radius 2 is 0.704 bits per heavy atom. The number of allylic oxidation sites excluding steroid dienone is 8. The Labute approximate surface area is 503 Å². The van der Waals surface area contributed by atoms with Gasteiger partial charge in [-0.3, -0.25) is 18.6 Å². The molecule has 0 spiro atoms. The Morgan fingerprint density at radius 3 is 1.05 bits per heavy atom. The number of likely N-dealkylation sites (N-methyl/N-ethyl adjacent to an activating group) is 1. The first-order chi connectivity index (χ1) is 39.5. The SMILES string of the molecule is CC/C=C\C/C=C\C/C=C\C/C=C\CCCCCCCCCCCCC(=O)OC(COC(=O)CCCCCCCCCCCCCCCCCCCCCCCCCCCCCCCCCCCC)COP(=O)(O)OCC[N+](C)(C)C. The molecule has 0 saturated heterocycles. The lowest BCUT2D eigenvalue weighted by molar-refractivity contribution is -0.870. The molecule has 0 amide bonds. The van der Waals surface area contributed by atoms with Gasteiger partial charge in [0.2, 0.25) is 0 Å². The number of ether oxygens (including phenoxy) is 2. The zero-order chi connectivity index (χ0) is 59.1. The number of hydrogen-bond donors (Lipinski definition) is 1. The highest BCUT2D eigenvalue weighted by Gasteiger charge is 2.27. The standard InChI is InChI=1S/C71H134NO8P/c1-6-8-10-12-14-16-18-20-22-24-26-28-30-31-32-33-34-35-36-37-38-39-40-42-43-45-47-49-51-53-55-57-59-61-63-70(73)77-67-69(68-79-81(75,76)78-66-65-72(3,4)5)80-71(74)64-62-60-58-56-54-52-50-48-46-44-41-29-27-25-23-21-19-17-15-13-11-9-7-2/h9,11,15,17,21,23,27,29,69H,6-8,10,12-14,16,18-20,22,24-26,28,30-68H2,1-5H3/p+1/b11-9-,17-15-,23-21-,29-27-. The number of unbranched alkanes of at least 4 members (excludes halogenated alkanes) is 43. The third-order valence-corrected chi connectivity index (χ3v) is 16.6. The van der Waals surface area contributed by atoms with Gasteiger partial charge in [0, 0.05) is 12.8 Å². The lowest BCUT2D eigenvalue weighted by atomic mass is 10.0. The monoisotopic (exact) mass is 1160 g/mol. The summed E-state index contributed by atoms with van der Waals surface area (Å²) in [6.07, 6.45) is 80.9. The van der Waals surface area contributed by atoms with Crippen LogP contribution in [0.3, 0.4) is 0 Å². The van der Waals surface area contributed by atoms with E-state index in [2.05, 4.69) is 62.5 Å². The Balaban J connectivity index is 3.97. The summed E-state index contributed by atoms with van der Waals surface area (Å²) in [7, 11) is 1.49. The quantitative estimate of drug-likeness (QED) is 0.0211. The molecule has 1 N–H and O–H groups in total. The zero-order valence-corrected chi connectivity index (χ0v) is 55.2. The Bertz CT molecular complexity index is 1510. The van der Waals surface area contributed by atoms with Crippen LogP contribution in [-0.2, 0) is 32.7 Å². The number of carbonyl (C=O) groups is 2. The van der Waals surface area contributed by atoms with Gasteiger partial charge >= 0.3 is 19.8 Å². The molecule has 0 heterocycles. The van der Waals surface area contributed by atoms with Gasteiger partial charge in [-0.05, 0) is 51.4 Å². The molecular weight excluding hydrogens is 1030 g/mol. The van der Waals surface area contributed by atoms with Crippen LogP contribution in [0.1, 0.15) is 341 Å². The molecular formula is C71H135NO8P+. The molecule has 0 aliphatic heterocycles. The van der Waals surface area contributed by atoms with Crippen LogP contribution in [0.5, 0.6) is 0 Å². The van der Waals surface area contributed by atoms with E-state index in [1.165, 1.54) is 238 Å². The Hall–Kier alpha value is -2.03. The number of hydrogen-bond acceptors (Lipinski definition) is 7. The van der Waals surface area contributed by atoms with E-state index in [0.29, 0.717) is 23.9 Å². The summed E-state index contributed by atoms with van der Waals surface area (Å²) >= 11 is 0. The summed E-state index contributed by atoms with van der Waals surface area (Å²) in [6, 6.07) is 0. The van der Waals surface area contributed by atoms with Crippen LogP contribution in [0.2, 0.25) is 0 Å². The van der Waals surface area contributed by atoms with Crippen molar-refractivity contribution in [2.24, 2.45) is 0 Å². The first-order valence-electron chi connectivity index (χ1n) is 34.9. The van der Waals surface area contributed by atoms with Crippen molar-refractivity contribution in [2.45, 2.75) is 347 Å². The smallest absolute Gasteiger partial charge is 0.462 e. The summed E-state index contributed by atoms with van der Waals surface area (Å²) in [6.45, 7) is 4.37. The van der Waals surface area contributed by atoms with Crippen molar-refractivity contribution in [3.63, 3.8) is 0 Å². The second kappa shape index (κ2) is 62.5. The first kappa shape index (κ1) is 79.0. The Morgan fingerprint density at radius 1 is 0.395 bits per heavy atom. The highest BCUT2D eigenvalue weighted by molar-refractivity contribution is 7.47. The maximum atomic E-state index is 12.9. The molecule has 0 saturated carbocycles. The van der Waals surface area contributed by atoms with E-state index in [9.17, 15) is 19.0 Å². The minimum Gasteiger partial charge on any atom is -0.462 e.